The van der Waals surface area contributed by atoms with E-state index < -0.39 is 11.8 Å². The van der Waals surface area contributed by atoms with Crippen LogP contribution in [0.3, 0.4) is 0 Å². The summed E-state index contributed by atoms with van der Waals surface area (Å²) in [6.07, 6.45) is 0.619. The number of hydrogen-bond acceptors (Lipinski definition) is 3. The zero-order valence-corrected chi connectivity index (χ0v) is 19.6. The van der Waals surface area contributed by atoms with Crippen LogP contribution in [0.25, 0.3) is 0 Å². The number of aromatic nitrogens is 1. The normalized spacial score (nSPS) is 15.9. The molecular formula is C26H25ClF3N3O2. The largest absolute Gasteiger partial charge is 0.573 e. The molecule has 1 saturated carbocycles. The lowest BCUT2D eigenvalue weighted by atomic mass is 9.71. The number of urea groups is 1. The van der Waals surface area contributed by atoms with Gasteiger partial charge in [-0.2, -0.15) is 0 Å². The molecule has 1 atom stereocenters. The zero-order valence-electron chi connectivity index (χ0n) is 18.8. The molecule has 2 amide bonds. The standard InChI is InChI=1S/C26H25ClF3N3O2/c27-20-13-14-23(31-16-20)25(18-7-2-1-3-8-18,17-32-24(34)33-21-10-4-5-11-21)19-9-6-12-22(15-19)35-26(28,29)30/h1-3,6-9,12-16,21H,4-5,10-11,17H2,(H2,32,33,34). The first-order chi connectivity index (χ1) is 16.8. The molecule has 0 aliphatic heterocycles. The number of hydrogen-bond donors (Lipinski definition) is 2. The Morgan fingerprint density at radius 3 is 2.37 bits per heavy atom. The van der Waals surface area contributed by atoms with Gasteiger partial charge in [0, 0.05) is 18.8 Å². The van der Waals surface area contributed by atoms with Crippen molar-refractivity contribution in [1.29, 1.82) is 0 Å². The highest BCUT2D eigenvalue weighted by Crippen LogP contribution is 2.40. The van der Waals surface area contributed by atoms with Gasteiger partial charge in [0.1, 0.15) is 5.75 Å². The van der Waals surface area contributed by atoms with E-state index in [1.807, 2.05) is 30.3 Å². The number of halogens is 4. The quantitative estimate of drug-likeness (QED) is 0.403. The summed E-state index contributed by atoms with van der Waals surface area (Å²) in [4.78, 5) is 17.3. The molecule has 5 nitrogen and oxygen atoms in total. The zero-order chi connectivity index (χ0) is 24.9. The topological polar surface area (TPSA) is 63.2 Å². The van der Waals surface area contributed by atoms with E-state index in [1.54, 1.807) is 18.2 Å². The van der Waals surface area contributed by atoms with Gasteiger partial charge in [0.15, 0.2) is 0 Å². The second kappa shape index (κ2) is 10.6. The minimum Gasteiger partial charge on any atom is -0.406 e. The lowest BCUT2D eigenvalue weighted by Gasteiger charge is -2.35. The molecule has 35 heavy (non-hydrogen) atoms. The Hall–Kier alpha value is -3.26. The second-order valence-corrected chi connectivity index (χ2v) is 8.95. The lowest BCUT2D eigenvalue weighted by Crippen LogP contribution is -2.48. The predicted octanol–water partition coefficient (Wildman–Crippen LogP) is 6.21. The van der Waals surface area contributed by atoms with Gasteiger partial charge >= 0.3 is 12.4 Å². The highest BCUT2D eigenvalue weighted by Gasteiger charge is 2.39. The van der Waals surface area contributed by atoms with Crippen molar-refractivity contribution in [1.82, 2.24) is 15.6 Å². The molecule has 0 radical (unpaired) electrons. The SMILES string of the molecule is O=C(NCC(c1ccccc1)(c1cccc(OC(F)(F)F)c1)c1ccc(Cl)cn1)NC1CCCC1. The summed E-state index contributed by atoms with van der Waals surface area (Å²) >= 11 is 6.09. The monoisotopic (exact) mass is 503 g/mol. The van der Waals surface area contributed by atoms with E-state index in [0.717, 1.165) is 31.2 Å². The maximum absolute atomic E-state index is 13.0. The van der Waals surface area contributed by atoms with Crippen LogP contribution in [0, 0.1) is 0 Å². The molecule has 0 saturated heterocycles. The highest BCUT2D eigenvalue weighted by atomic mass is 35.5. The van der Waals surface area contributed by atoms with Crippen molar-refractivity contribution in [3.63, 3.8) is 0 Å². The molecule has 0 spiro atoms. The van der Waals surface area contributed by atoms with Crippen molar-refractivity contribution in [2.45, 2.75) is 43.5 Å². The molecule has 1 aromatic heterocycles. The summed E-state index contributed by atoms with van der Waals surface area (Å²) in [5.74, 6) is -0.361. The molecule has 9 heteroatoms. The van der Waals surface area contributed by atoms with Crippen LogP contribution in [-0.4, -0.2) is 30.0 Å². The van der Waals surface area contributed by atoms with E-state index in [-0.39, 0.29) is 24.4 Å². The van der Waals surface area contributed by atoms with Crippen LogP contribution in [-0.2, 0) is 5.41 Å². The molecule has 1 fully saturated rings. The Bertz CT molecular complexity index is 1140. The van der Waals surface area contributed by atoms with Crippen LogP contribution < -0.4 is 15.4 Å². The third kappa shape index (κ3) is 6.06. The molecule has 1 aliphatic carbocycles. The van der Waals surface area contributed by atoms with Crippen molar-refractivity contribution in [2.75, 3.05) is 6.54 Å². The van der Waals surface area contributed by atoms with Crippen molar-refractivity contribution >= 4 is 17.6 Å². The summed E-state index contributed by atoms with van der Waals surface area (Å²) in [5.41, 5.74) is 0.601. The number of nitrogens with one attached hydrogen (secondary N) is 2. The van der Waals surface area contributed by atoms with Gasteiger partial charge in [-0.05, 0) is 48.2 Å². The molecule has 2 N–H and O–H groups in total. The van der Waals surface area contributed by atoms with Gasteiger partial charge in [-0.15, -0.1) is 13.2 Å². The number of benzene rings is 2. The van der Waals surface area contributed by atoms with Gasteiger partial charge in [-0.1, -0.05) is 66.9 Å². The molecule has 4 rings (SSSR count). The van der Waals surface area contributed by atoms with Crippen LogP contribution in [0.5, 0.6) is 5.75 Å². The van der Waals surface area contributed by atoms with E-state index in [0.29, 0.717) is 16.3 Å². The number of pyridine rings is 1. The van der Waals surface area contributed by atoms with Crippen LogP contribution in [0.1, 0.15) is 42.5 Å². The molecule has 1 unspecified atom stereocenters. The first-order valence-electron chi connectivity index (χ1n) is 11.3. The van der Waals surface area contributed by atoms with Crippen LogP contribution in [0.4, 0.5) is 18.0 Å². The first-order valence-corrected chi connectivity index (χ1v) is 11.7. The Morgan fingerprint density at radius 1 is 1.00 bits per heavy atom. The fourth-order valence-corrected chi connectivity index (χ4v) is 4.70. The Balaban J connectivity index is 1.79. The maximum atomic E-state index is 13.0. The van der Waals surface area contributed by atoms with Gasteiger partial charge in [-0.3, -0.25) is 4.98 Å². The van der Waals surface area contributed by atoms with Gasteiger partial charge in [0.05, 0.1) is 16.1 Å². The molecule has 2 aromatic carbocycles. The number of carbonyl (C=O) groups excluding carboxylic acids is 1. The molecule has 184 valence electrons. The summed E-state index contributed by atoms with van der Waals surface area (Å²) in [6.45, 7) is 0.0413. The summed E-state index contributed by atoms with van der Waals surface area (Å²) < 4.78 is 43.2. The van der Waals surface area contributed by atoms with Crippen molar-refractivity contribution in [2.24, 2.45) is 0 Å². The number of carbonyl (C=O) groups is 1. The van der Waals surface area contributed by atoms with Crippen molar-refractivity contribution < 1.29 is 22.7 Å². The third-order valence-electron chi connectivity index (χ3n) is 6.20. The summed E-state index contributed by atoms with van der Waals surface area (Å²) in [7, 11) is 0. The average Bonchev–Trinajstić information content (AvgIpc) is 3.33. The molecular weight excluding hydrogens is 479 g/mol. The number of alkyl halides is 3. The number of rotatable bonds is 7. The van der Waals surface area contributed by atoms with Crippen molar-refractivity contribution in [3.8, 4) is 5.75 Å². The van der Waals surface area contributed by atoms with E-state index in [9.17, 15) is 18.0 Å². The molecule has 3 aromatic rings. The highest BCUT2D eigenvalue weighted by molar-refractivity contribution is 6.30. The van der Waals surface area contributed by atoms with Gasteiger partial charge < -0.3 is 15.4 Å². The smallest absolute Gasteiger partial charge is 0.406 e. The number of nitrogens with zero attached hydrogens (tertiary/aromatic N) is 1. The second-order valence-electron chi connectivity index (χ2n) is 8.52. The van der Waals surface area contributed by atoms with E-state index in [4.69, 9.17) is 11.6 Å². The molecule has 1 heterocycles. The van der Waals surface area contributed by atoms with Gasteiger partial charge in [0.2, 0.25) is 0 Å². The number of ether oxygens (including phenoxy) is 1. The molecule has 1 aliphatic rings. The minimum atomic E-state index is -4.84. The third-order valence-corrected chi connectivity index (χ3v) is 6.42. The molecule has 0 bridgehead atoms. The van der Waals surface area contributed by atoms with Crippen LogP contribution in [0.2, 0.25) is 5.02 Å². The van der Waals surface area contributed by atoms with E-state index in [2.05, 4.69) is 20.4 Å². The maximum Gasteiger partial charge on any atom is 0.573 e. The fourth-order valence-electron chi connectivity index (χ4n) is 4.59. The van der Waals surface area contributed by atoms with Gasteiger partial charge in [-0.25, -0.2) is 4.79 Å². The fraction of sp³-hybridized carbons (Fsp3) is 0.308. The van der Waals surface area contributed by atoms with Crippen molar-refractivity contribution in [3.05, 3.63) is 94.8 Å². The average molecular weight is 504 g/mol. The first kappa shape index (κ1) is 24.9. The Morgan fingerprint density at radius 2 is 1.71 bits per heavy atom. The summed E-state index contributed by atoms with van der Waals surface area (Å²) in [5, 5.41) is 6.35. The number of amides is 2. The Kier molecular flexibility index (Phi) is 7.50. The van der Waals surface area contributed by atoms with Crippen LogP contribution in [0.15, 0.2) is 72.9 Å². The lowest BCUT2D eigenvalue weighted by molar-refractivity contribution is -0.274. The predicted molar refractivity (Wildman–Crippen MR) is 127 cm³/mol. The van der Waals surface area contributed by atoms with E-state index >= 15 is 0 Å². The summed E-state index contributed by atoms with van der Waals surface area (Å²) in [6, 6.07) is 18.1. The minimum absolute atomic E-state index is 0.0413. The van der Waals surface area contributed by atoms with Gasteiger partial charge in [0.25, 0.3) is 0 Å². The van der Waals surface area contributed by atoms with E-state index in [1.165, 1.54) is 24.4 Å². The van der Waals surface area contributed by atoms with Crippen LogP contribution >= 0.6 is 11.6 Å². The Labute approximate surface area is 206 Å².